The SMILES string of the molecule is O=C(O)c1ccc2ccccc2n1.[N-]=[N+]=NC(=O)c1ccc2ccccc2n1. The van der Waals surface area contributed by atoms with Crippen molar-refractivity contribution in [1.82, 2.24) is 9.97 Å². The number of carbonyl (C=O) groups is 2. The third kappa shape index (κ3) is 4.27. The van der Waals surface area contributed by atoms with E-state index in [1.54, 1.807) is 30.3 Å². The molecule has 0 unspecified atom stereocenters. The number of aromatic carboxylic acids is 1. The summed E-state index contributed by atoms with van der Waals surface area (Å²) in [5.41, 5.74) is 9.78. The Morgan fingerprint density at radius 3 is 1.82 bits per heavy atom. The second-order valence-corrected chi connectivity index (χ2v) is 5.58. The molecule has 8 heteroatoms. The molecular formula is C20H13N5O3. The number of amides is 1. The van der Waals surface area contributed by atoms with E-state index in [0.717, 1.165) is 10.8 Å². The summed E-state index contributed by atoms with van der Waals surface area (Å²) in [6.45, 7) is 0. The molecular weight excluding hydrogens is 358 g/mol. The topological polar surface area (TPSA) is 129 Å². The molecule has 1 amide bonds. The van der Waals surface area contributed by atoms with Gasteiger partial charge in [0.15, 0.2) is 0 Å². The second kappa shape index (κ2) is 8.39. The van der Waals surface area contributed by atoms with Crippen LogP contribution in [0.25, 0.3) is 32.2 Å². The molecule has 2 heterocycles. The summed E-state index contributed by atoms with van der Waals surface area (Å²) in [6, 6.07) is 21.4. The summed E-state index contributed by atoms with van der Waals surface area (Å²) >= 11 is 0. The van der Waals surface area contributed by atoms with E-state index in [9.17, 15) is 9.59 Å². The van der Waals surface area contributed by atoms with Gasteiger partial charge < -0.3 is 5.11 Å². The minimum Gasteiger partial charge on any atom is -0.477 e. The largest absolute Gasteiger partial charge is 0.477 e. The first-order chi connectivity index (χ1) is 13.6. The van der Waals surface area contributed by atoms with Crippen molar-refractivity contribution < 1.29 is 14.7 Å². The van der Waals surface area contributed by atoms with Crippen LogP contribution in [-0.4, -0.2) is 27.0 Å². The Hall–Kier alpha value is -4.29. The first kappa shape index (κ1) is 18.5. The van der Waals surface area contributed by atoms with Gasteiger partial charge in [0.05, 0.1) is 11.0 Å². The summed E-state index contributed by atoms with van der Waals surface area (Å²) in [5.74, 6) is -1.66. The van der Waals surface area contributed by atoms with Gasteiger partial charge >= 0.3 is 5.97 Å². The van der Waals surface area contributed by atoms with Crippen LogP contribution in [0.5, 0.6) is 0 Å². The molecule has 4 aromatic rings. The highest BCUT2D eigenvalue weighted by molar-refractivity contribution is 5.95. The number of carboxylic acids is 1. The fraction of sp³-hybridized carbons (Fsp3) is 0. The standard InChI is InChI=1S/C10H6N4O.C10H7NO2/c11-14-13-10(15)9-6-5-7-3-1-2-4-8(7)12-9;12-10(13)9-6-5-7-3-1-2-4-8(7)11-9/h1-6H;1-6H,(H,12,13). The average Bonchev–Trinajstić information content (AvgIpc) is 2.73. The zero-order chi connectivity index (χ0) is 19.9. The lowest BCUT2D eigenvalue weighted by Gasteiger charge is -1.98. The fourth-order valence-electron chi connectivity index (χ4n) is 2.46. The van der Waals surface area contributed by atoms with Gasteiger partial charge in [0, 0.05) is 15.7 Å². The summed E-state index contributed by atoms with van der Waals surface area (Å²) in [6.07, 6.45) is 0. The number of carbonyl (C=O) groups excluding carboxylic acids is 1. The molecule has 28 heavy (non-hydrogen) atoms. The number of hydrogen-bond acceptors (Lipinski definition) is 4. The Morgan fingerprint density at radius 2 is 1.29 bits per heavy atom. The van der Waals surface area contributed by atoms with Crippen LogP contribution in [-0.2, 0) is 0 Å². The van der Waals surface area contributed by atoms with E-state index >= 15 is 0 Å². The number of carboxylic acid groups (broad SMARTS) is 1. The molecule has 0 bridgehead atoms. The number of benzene rings is 2. The van der Waals surface area contributed by atoms with Gasteiger partial charge in [-0.15, -0.1) is 0 Å². The molecule has 0 atom stereocenters. The summed E-state index contributed by atoms with van der Waals surface area (Å²) < 4.78 is 0. The molecule has 0 saturated heterocycles. The number of rotatable bonds is 2. The Kier molecular flexibility index (Phi) is 5.55. The van der Waals surface area contributed by atoms with Crippen molar-refractivity contribution in [1.29, 1.82) is 0 Å². The minimum atomic E-state index is -0.995. The quantitative estimate of drug-likeness (QED) is 0.312. The van der Waals surface area contributed by atoms with E-state index in [1.165, 1.54) is 6.07 Å². The van der Waals surface area contributed by atoms with E-state index in [0.29, 0.717) is 11.0 Å². The van der Waals surface area contributed by atoms with Crippen LogP contribution in [0, 0.1) is 0 Å². The molecule has 0 radical (unpaired) electrons. The Balaban J connectivity index is 0.000000162. The number of aromatic nitrogens is 2. The number of hydrogen-bond donors (Lipinski definition) is 1. The molecule has 2 aromatic carbocycles. The van der Waals surface area contributed by atoms with E-state index in [-0.39, 0.29) is 11.4 Å². The van der Waals surface area contributed by atoms with Crippen LogP contribution in [0.15, 0.2) is 77.9 Å². The number of para-hydroxylation sites is 2. The van der Waals surface area contributed by atoms with E-state index in [1.807, 2.05) is 36.4 Å². The maximum atomic E-state index is 11.2. The summed E-state index contributed by atoms with van der Waals surface area (Å²) in [5, 5.41) is 13.6. The van der Waals surface area contributed by atoms with Gasteiger partial charge in [0.1, 0.15) is 11.4 Å². The molecule has 0 spiro atoms. The van der Waals surface area contributed by atoms with Crippen LogP contribution in [0.1, 0.15) is 21.0 Å². The maximum absolute atomic E-state index is 11.2. The van der Waals surface area contributed by atoms with Crippen molar-refractivity contribution in [2.24, 2.45) is 5.11 Å². The van der Waals surface area contributed by atoms with Gasteiger partial charge in [-0.1, -0.05) is 48.5 Å². The number of azide groups is 1. The van der Waals surface area contributed by atoms with Crippen molar-refractivity contribution in [3.8, 4) is 0 Å². The smallest absolute Gasteiger partial charge is 0.354 e. The summed E-state index contributed by atoms with van der Waals surface area (Å²) in [4.78, 5) is 32.3. The third-order valence-electron chi connectivity index (χ3n) is 3.77. The highest BCUT2D eigenvalue weighted by Gasteiger charge is 2.05. The second-order valence-electron chi connectivity index (χ2n) is 5.58. The first-order valence-electron chi connectivity index (χ1n) is 8.13. The lowest BCUT2D eigenvalue weighted by Crippen LogP contribution is -1.99. The number of pyridine rings is 2. The zero-order valence-electron chi connectivity index (χ0n) is 14.4. The lowest BCUT2D eigenvalue weighted by molar-refractivity contribution is 0.0690. The highest BCUT2D eigenvalue weighted by atomic mass is 16.4. The molecule has 8 nitrogen and oxygen atoms in total. The first-order valence-corrected chi connectivity index (χ1v) is 8.13. The van der Waals surface area contributed by atoms with Crippen LogP contribution >= 0.6 is 0 Å². The van der Waals surface area contributed by atoms with Crippen molar-refractivity contribution in [3.05, 3.63) is 94.6 Å². The minimum absolute atomic E-state index is 0.0821. The average molecular weight is 371 g/mol. The normalized spacial score (nSPS) is 9.86. The van der Waals surface area contributed by atoms with Crippen LogP contribution < -0.4 is 0 Å². The molecule has 0 saturated carbocycles. The fourth-order valence-corrected chi connectivity index (χ4v) is 2.46. The van der Waals surface area contributed by atoms with Gasteiger partial charge in [0.2, 0.25) is 0 Å². The van der Waals surface area contributed by atoms with E-state index in [4.69, 9.17) is 10.6 Å². The van der Waals surface area contributed by atoms with Crippen molar-refractivity contribution in [2.75, 3.05) is 0 Å². The van der Waals surface area contributed by atoms with Gasteiger partial charge in [0.25, 0.3) is 5.91 Å². The van der Waals surface area contributed by atoms with Gasteiger partial charge in [-0.3, -0.25) is 4.79 Å². The highest BCUT2D eigenvalue weighted by Crippen LogP contribution is 2.12. The van der Waals surface area contributed by atoms with Gasteiger partial charge in [-0.05, 0) is 34.9 Å². The van der Waals surface area contributed by atoms with Crippen molar-refractivity contribution in [2.45, 2.75) is 0 Å². The van der Waals surface area contributed by atoms with Crippen LogP contribution in [0.3, 0.4) is 0 Å². The third-order valence-corrected chi connectivity index (χ3v) is 3.77. The maximum Gasteiger partial charge on any atom is 0.354 e. The molecule has 1 N–H and O–H groups in total. The predicted molar refractivity (Wildman–Crippen MR) is 104 cm³/mol. The van der Waals surface area contributed by atoms with Gasteiger partial charge in [-0.2, -0.15) is 0 Å². The summed E-state index contributed by atoms with van der Waals surface area (Å²) in [7, 11) is 0. The zero-order valence-corrected chi connectivity index (χ0v) is 14.4. The molecule has 0 aliphatic rings. The Bertz CT molecular complexity index is 1230. The van der Waals surface area contributed by atoms with Crippen LogP contribution in [0.4, 0.5) is 0 Å². The molecule has 0 aliphatic carbocycles. The molecule has 0 fully saturated rings. The molecule has 0 aliphatic heterocycles. The predicted octanol–water partition coefficient (Wildman–Crippen LogP) is 4.62. The van der Waals surface area contributed by atoms with E-state index in [2.05, 4.69) is 20.0 Å². The van der Waals surface area contributed by atoms with Crippen molar-refractivity contribution in [3.63, 3.8) is 0 Å². The van der Waals surface area contributed by atoms with Crippen LogP contribution in [0.2, 0.25) is 0 Å². The monoisotopic (exact) mass is 371 g/mol. The lowest BCUT2D eigenvalue weighted by atomic mass is 10.2. The molecule has 2 aromatic heterocycles. The Labute approximate surface area is 158 Å². The van der Waals surface area contributed by atoms with Crippen molar-refractivity contribution >= 4 is 33.7 Å². The molecule has 4 rings (SSSR count). The number of nitrogens with zero attached hydrogens (tertiary/aromatic N) is 5. The number of fused-ring (bicyclic) bond motifs is 2. The van der Waals surface area contributed by atoms with E-state index < -0.39 is 11.9 Å². The Morgan fingerprint density at radius 1 is 0.786 bits per heavy atom. The molecule has 136 valence electrons. The van der Waals surface area contributed by atoms with Gasteiger partial charge in [-0.25, -0.2) is 14.8 Å².